The number of halogens is 2. The molecule has 0 unspecified atom stereocenters. The van der Waals surface area contributed by atoms with Crippen LogP contribution in [-0.4, -0.2) is 6.04 Å². The zero-order valence-corrected chi connectivity index (χ0v) is 14.0. The van der Waals surface area contributed by atoms with Gasteiger partial charge in [-0.2, -0.15) is 0 Å². The highest BCUT2D eigenvalue weighted by Crippen LogP contribution is 2.23. The summed E-state index contributed by atoms with van der Waals surface area (Å²) in [4.78, 5) is 0. The van der Waals surface area contributed by atoms with Crippen LogP contribution in [0, 0.1) is 12.7 Å². The van der Waals surface area contributed by atoms with Gasteiger partial charge in [0.1, 0.15) is 29.7 Å². The van der Waals surface area contributed by atoms with Gasteiger partial charge >= 0.3 is 0 Å². The number of benzene rings is 1. The molecular formula is C16H19BrFNO2. The van der Waals surface area contributed by atoms with E-state index in [1.807, 2.05) is 13.0 Å². The molecule has 114 valence electrons. The highest BCUT2D eigenvalue weighted by Gasteiger charge is 2.09. The average Bonchev–Trinajstić information content (AvgIpc) is 2.78. The Hall–Kier alpha value is -1.33. The van der Waals surface area contributed by atoms with E-state index in [4.69, 9.17) is 9.15 Å². The second-order valence-electron chi connectivity index (χ2n) is 5.22. The molecule has 1 aromatic carbocycles. The van der Waals surface area contributed by atoms with Gasteiger partial charge in [0.25, 0.3) is 0 Å². The van der Waals surface area contributed by atoms with Crippen LogP contribution in [0.4, 0.5) is 4.39 Å². The second-order valence-corrected chi connectivity index (χ2v) is 6.07. The van der Waals surface area contributed by atoms with Crippen molar-refractivity contribution in [2.75, 3.05) is 0 Å². The first-order chi connectivity index (χ1) is 9.95. The molecular weight excluding hydrogens is 337 g/mol. The molecule has 1 aromatic heterocycles. The lowest BCUT2D eigenvalue weighted by Gasteiger charge is -2.07. The molecule has 3 nitrogen and oxygen atoms in total. The molecule has 2 rings (SSSR count). The third kappa shape index (κ3) is 4.58. The van der Waals surface area contributed by atoms with E-state index in [0.717, 1.165) is 17.1 Å². The third-order valence-corrected chi connectivity index (χ3v) is 3.62. The van der Waals surface area contributed by atoms with Gasteiger partial charge in [-0.05, 0) is 52.7 Å². The van der Waals surface area contributed by atoms with Crippen molar-refractivity contribution in [3.8, 4) is 5.75 Å². The van der Waals surface area contributed by atoms with Crippen molar-refractivity contribution in [1.82, 2.24) is 5.32 Å². The van der Waals surface area contributed by atoms with Crippen molar-refractivity contribution in [1.29, 1.82) is 0 Å². The molecule has 5 heteroatoms. The van der Waals surface area contributed by atoms with Gasteiger partial charge in [-0.25, -0.2) is 4.39 Å². The Balaban J connectivity index is 1.96. The number of rotatable bonds is 6. The standard InChI is InChI=1S/C16H19BrFNO2/c1-10(2)19-8-16-11(3)6-13(21-16)9-20-12-4-5-15(18)14(17)7-12/h4-7,10,19H,8-9H2,1-3H3. The molecule has 0 bridgehead atoms. The lowest BCUT2D eigenvalue weighted by atomic mass is 10.2. The first-order valence-corrected chi connectivity index (χ1v) is 7.64. The lowest BCUT2D eigenvalue weighted by molar-refractivity contribution is 0.264. The van der Waals surface area contributed by atoms with Crippen LogP contribution in [-0.2, 0) is 13.2 Å². The van der Waals surface area contributed by atoms with Gasteiger partial charge in [0.15, 0.2) is 0 Å². The Labute approximate surface area is 132 Å². The molecule has 0 amide bonds. The Morgan fingerprint density at radius 2 is 2.10 bits per heavy atom. The maximum absolute atomic E-state index is 13.1. The maximum atomic E-state index is 13.1. The average molecular weight is 356 g/mol. The predicted molar refractivity (Wildman–Crippen MR) is 83.9 cm³/mol. The van der Waals surface area contributed by atoms with E-state index >= 15 is 0 Å². The summed E-state index contributed by atoms with van der Waals surface area (Å²) in [7, 11) is 0. The number of hydrogen-bond donors (Lipinski definition) is 1. The lowest BCUT2D eigenvalue weighted by Crippen LogP contribution is -2.21. The molecule has 21 heavy (non-hydrogen) atoms. The van der Waals surface area contributed by atoms with Crippen LogP contribution < -0.4 is 10.1 Å². The van der Waals surface area contributed by atoms with Crippen molar-refractivity contribution >= 4 is 15.9 Å². The van der Waals surface area contributed by atoms with Crippen molar-refractivity contribution in [3.05, 3.63) is 51.6 Å². The van der Waals surface area contributed by atoms with Crippen molar-refractivity contribution < 1.29 is 13.5 Å². The van der Waals surface area contributed by atoms with E-state index in [-0.39, 0.29) is 5.82 Å². The Kier molecular flexibility index (Phi) is 5.42. The first-order valence-electron chi connectivity index (χ1n) is 6.85. The van der Waals surface area contributed by atoms with E-state index < -0.39 is 0 Å². The van der Waals surface area contributed by atoms with Crippen LogP contribution in [0.5, 0.6) is 5.75 Å². The van der Waals surface area contributed by atoms with E-state index in [9.17, 15) is 4.39 Å². The highest BCUT2D eigenvalue weighted by atomic mass is 79.9. The van der Waals surface area contributed by atoms with Gasteiger partial charge in [-0.1, -0.05) is 13.8 Å². The number of ether oxygens (including phenoxy) is 1. The summed E-state index contributed by atoms with van der Waals surface area (Å²) >= 11 is 3.14. The normalized spacial score (nSPS) is 11.1. The van der Waals surface area contributed by atoms with Crippen LogP contribution in [0.25, 0.3) is 0 Å². The Morgan fingerprint density at radius 3 is 2.76 bits per heavy atom. The summed E-state index contributed by atoms with van der Waals surface area (Å²) in [5, 5.41) is 3.32. The van der Waals surface area contributed by atoms with Gasteiger partial charge < -0.3 is 14.5 Å². The molecule has 0 aliphatic rings. The van der Waals surface area contributed by atoms with Crippen molar-refractivity contribution in [2.24, 2.45) is 0 Å². The van der Waals surface area contributed by atoms with E-state index in [2.05, 4.69) is 35.1 Å². The molecule has 1 heterocycles. The van der Waals surface area contributed by atoms with Gasteiger partial charge in [0.05, 0.1) is 11.0 Å². The third-order valence-electron chi connectivity index (χ3n) is 3.01. The highest BCUT2D eigenvalue weighted by molar-refractivity contribution is 9.10. The van der Waals surface area contributed by atoms with Crippen LogP contribution in [0.1, 0.15) is 30.9 Å². The fourth-order valence-corrected chi connectivity index (χ4v) is 2.21. The minimum absolute atomic E-state index is 0.307. The Bertz CT molecular complexity index is 610. The van der Waals surface area contributed by atoms with Gasteiger partial charge in [0.2, 0.25) is 0 Å². The van der Waals surface area contributed by atoms with Crippen LogP contribution >= 0.6 is 15.9 Å². The fraction of sp³-hybridized carbons (Fsp3) is 0.375. The molecule has 0 aliphatic carbocycles. The largest absolute Gasteiger partial charge is 0.486 e. The minimum Gasteiger partial charge on any atom is -0.486 e. The van der Waals surface area contributed by atoms with Crippen LogP contribution in [0.2, 0.25) is 0 Å². The SMILES string of the molecule is Cc1cc(COc2ccc(F)c(Br)c2)oc1CNC(C)C. The Morgan fingerprint density at radius 1 is 1.33 bits per heavy atom. The molecule has 0 atom stereocenters. The van der Waals surface area contributed by atoms with Crippen molar-refractivity contribution in [2.45, 2.75) is 40.0 Å². The monoisotopic (exact) mass is 355 g/mol. The predicted octanol–water partition coefficient (Wildman–Crippen LogP) is 4.57. The van der Waals surface area contributed by atoms with Gasteiger partial charge in [-0.3, -0.25) is 0 Å². The van der Waals surface area contributed by atoms with Gasteiger partial charge in [0, 0.05) is 6.04 Å². The van der Waals surface area contributed by atoms with Crippen LogP contribution in [0.15, 0.2) is 33.2 Å². The zero-order valence-electron chi connectivity index (χ0n) is 12.4. The van der Waals surface area contributed by atoms with E-state index in [1.54, 1.807) is 12.1 Å². The van der Waals surface area contributed by atoms with Gasteiger partial charge in [-0.15, -0.1) is 0 Å². The van der Waals surface area contributed by atoms with Crippen molar-refractivity contribution in [3.63, 3.8) is 0 Å². The molecule has 0 spiro atoms. The number of hydrogen-bond acceptors (Lipinski definition) is 3. The molecule has 1 N–H and O–H groups in total. The summed E-state index contributed by atoms with van der Waals surface area (Å²) < 4.78 is 24.9. The second kappa shape index (κ2) is 7.09. The zero-order chi connectivity index (χ0) is 15.4. The quantitative estimate of drug-likeness (QED) is 0.824. The summed E-state index contributed by atoms with van der Waals surface area (Å²) in [5.74, 6) is 1.97. The van der Waals surface area contributed by atoms with Crippen LogP contribution in [0.3, 0.4) is 0 Å². The smallest absolute Gasteiger partial charge is 0.146 e. The first kappa shape index (κ1) is 16.0. The molecule has 0 radical (unpaired) electrons. The number of nitrogens with one attached hydrogen (secondary N) is 1. The minimum atomic E-state index is -0.307. The topological polar surface area (TPSA) is 34.4 Å². The summed E-state index contributed by atoms with van der Waals surface area (Å²) in [6, 6.07) is 6.94. The summed E-state index contributed by atoms with van der Waals surface area (Å²) in [6.45, 7) is 7.22. The molecule has 0 saturated heterocycles. The molecule has 2 aromatic rings. The maximum Gasteiger partial charge on any atom is 0.146 e. The molecule has 0 fully saturated rings. The summed E-state index contributed by atoms with van der Waals surface area (Å²) in [5.41, 5.74) is 1.10. The number of furan rings is 1. The summed E-state index contributed by atoms with van der Waals surface area (Å²) in [6.07, 6.45) is 0. The number of aryl methyl sites for hydroxylation is 1. The van der Waals surface area contributed by atoms with E-state index in [1.165, 1.54) is 6.07 Å². The fourth-order valence-electron chi connectivity index (χ4n) is 1.85. The molecule has 0 saturated carbocycles. The van der Waals surface area contributed by atoms with E-state index in [0.29, 0.717) is 29.4 Å². The molecule has 0 aliphatic heterocycles.